The Hall–Kier alpha value is -3.17. The Morgan fingerprint density at radius 1 is 1.18 bits per heavy atom. The number of anilines is 1. The maximum Gasteiger partial charge on any atom is 0.234 e. The van der Waals surface area contributed by atoms with Crippen molar-refractivity contribution in [1.29, 1.82) is 0 Å². The molecule has 174 valence electrons. The lowest BCUT2D eigenvalue weighted by atomic mass is 10.3. The highest BCUT2D eigenvalue weighted by Gasteiger charge is 2.21. The van der Waals surface area contributed by atoms with Crippen LogP contribution in [-0.2, 0) is 11.3 Å². The second-order valence-corrected chi connectivity index (χ2v) is 8.21. The van der Waals surface area contributed by atoms with E-state index >= 15 is 0 Å². The van der Waals surface area contributed by atoms with Crippen LogP contribution in [0.2, 0.25) is 5.02 Å². The number of carbonyl (C=O) groups is 1. The first-order chi connectivity index (χ1) is 16.0. The molecule has 0 radical (unpaired) electrons. The van der Waals surface area contributed by atoms with E-state index in [0.717, 1.165) is 0 Å². The lowest BCUT2D eigenvalue weighted by Gasteiger charge is -2.17. The van der Waals surface area contributed by atoms with Gasteiger partial charge in [0, 0.05) is 11.6 Å². The molecule has 3 aromatic rings. The number of hydrogen-bond acceptors (Lipinski definition) is 7. The summed E-state index contributed by atoms with van der Waals surface area (Å²) in [5.41, 5.74) is 0.502. The molecule has 2 aromatic carbocycles. The summed E-state index contributed by atoms with van der Waals surface area (Å²) in [7, 11) is 3.12. The van der Waals surface area contributed by atoms with E-state index < -0.39 is 6.10 Å². The minimum Gasteiger partial charge on any atom is -0.495 e. The highest BCUT2D eigenvalue weighted by atomic mass is 35.5. The van der Waals surface area contributed by atoms with Crippen molar-refractivity contribution in [3.8, 4) is 17.2 Å². The van der Waals surface area contributed by atoms with E-state index in [2.05, 4.69) is 22.1 Å². The van der Waals surface area contributed by atoms with Gasteiger partial charge in [-0.15, -0.1) is 16.8 Å². The number of thioether (sulfide) groups is 1. The maximum absolute atomic E-state index is 12.5. The normalized spacial score (nSPS) is 11.5. The van der Waals surface area contributed by atoms with Gasteiger partial charge in [-0.1, -0.05) is 41.6 Å². The van der Waals surface area contributed by atoms with E-state index in [1.165, 1.54) is 18.9 Å². The fraction of sp³-hybridized carbons (Fsp3) is 0.261. The smallest absolute Gasteiger partial charge is 0.234 e. The number of allylic oxidation sites excluding steroid dienone is 1. The van der Waals surface area contributed by atoms with Crippen molar-refractivity contribution in [2.75, 3.05) is 25.3 Å². The van der Waals surface area contributed by atoms with Crippen molar-refractivity contribution >= 4 is 35.0 Å². The zero-order valence-corrected chi connectivity index (χ0v) is 20.2. The fourth-order valence-electron chi connectivity index (χ4n) is 3.06. The SMILES string of the molecule is C=CCn1c(SCC(=O)Nc2cc(Cl)ccc2OC)nnc1C(C)Oc1ccccc1OC. The average Bonchev–Trinajstić information content (AvgIpc) is 3.21. The van der Waals surface area contributed by atoms with Gasteiger partial charge in [-0.25, -0.2) is 0 Å². The molecule has 33 heavy (non-hydrogen) atoms. The van der Waals surface area contributed by atoms with Crippen LogP contribution in [0.4, 0.5) is 5.69 Å². The van der Waals surface area contributed by atoms with Gasteiger partial charge in [0.25, 0.3) is 0 Å². The van der Waals surface area contributed by atoms with Gasteiger partial charge in [0.1, 0.15) is 5.75 Å². The molecule has 1 atom stereocenters. The minimum absolute atomic E-state index is 0.118. The van der Waals surface area contributed by atoms with Gasteiger partial charge in [-0.05, 0) is 37.3 Å². The summed E-state index contributed by atoms with van der Waals surface area (Å²) >= 11 is 7.29. The summed E-state index contributed by atoms with van der Waals surface area (Å²) in [4.78, 5) is 12.5. The molecule has 1 amide bonds. The molecule has 3 rings (SSSR count). The van der Waals surface area contributed by atoms with Gasteiger partial charge in [-0.3, -0.25) is 9.36 Å². The quantitative estimate of drug-likeness (QED) is 0.300. The molecule has 0 saturated heterocycles. The molecule has 1 unspecified atom stereocenters. The number of nitrogens with zero attached hydrogens (tertiary/aromatic N) is 3. The van der Waals surface area contributed by atoms with Crippen LogP contribution < -0.4 is 19.5 Å². The predicted molar refractivity (Wildman–Crippen MR) is 130 cm³/mol. The lowest BCUT2D eigenvalue weighted by molar-refractivity contribution is -0.113. The highest BCUT2D eigenvalue weighted by Crippen LogP contribution is 2.31. The monoisotopic (exact) mass is 488 g/mol. The molecule has 10 heteroatoms. The summed E-state index contributed by atoms with van der Waals surface area (Å²) in [6.07, 6.45) is 1.33. The molecule has 0 spiro atoms. The molecule has 0 bridgehead atoms. The van der Waals surface area contributed by atoms with Crippen molar-refractivity contribution < 1.29 is 19.0 Å². The highest BCUT2D eigenvalue weighted by molar-refractivity contribution is 7.99. The van der Waals surface area contributed by atoms with E-state index in [1.54, 1.807) is 31.4 Å². The van der Waals surface area contributed by atoms with E-state index in [1.807, 2.05) is 35.8 Å². The van der Waals surface area contributed by atoms with Gasteiger partial charge >= 0.3 is 0 Å². The van der Waals surface area contributed by atoms with Gasteiger partial charge < -0.3 is 19.5 Å². The number of para-hydroxylation sites is 2. The first kappa shape index (κ1) is 24.5. The summed E-state index contributed by atoms with van der Waals surface area (Å²) < 4.78 is 18.6. The molecule has 1 aromatic heterocycles. The molecule has 0 aliphatic heterocycles. The molecular weight excluding hydrogens is 464 g/mol. The van der Waals surface area contributed by atoms with Gasteiger partial charge in [0.05, 0.1) is 25.7 Å². The van der Waals surface area contributed by atoms with Gasteiger partial charge in [0.2, 0.25) is 5.91 Å². The first-order valence-corrected chi connectivity index (χ1v) is 11.4. The summed E-state index contributed by atoms with van der Waals surface area (Å²) in [6.45, 7) is 6.16. The summed E-state index contributed by atoms with van der Waals surface area (Å²) in [5, 5.41) is 12.4. The number of methoxy groups -OCH3 is 2. The standard InChI is InChI=1S/C23H25ClN4O4S/c1-5-12-28-22(15(2)32-20-9-7-6-8-19(20)31-4)26-27-23(28)33-14-21(29)25-17-13-16(24)10-11-18(17)30-3/h5-11,13,15H,1,12,14H2,2-4H3,(H,25,29). The first-order valence-electron chi connectivity index (χ1n) is 10.1. The van der Waals surface area contributed by atoms with E-state index in [9.17, 15) is 4.79 Å². The van der Waals surface area contributed by atoms with Crippen LogP contribution in [-0.4, -0.2) is 40.6 Å². The second-order valence-electron chi connectivity index (χ2n) is 6.83. The molecule has 0 fully saturated rings. The van der Waals surface area contributed by atoms with Crippen LogP contribution in [0, 0.1) is 0 Å². The van der Waals surface area contributed by atoms with Crippen LogP contribution >= 0.6 is 23.4 Å². The Balaban J connectivity index is 1.71. The number of rotatable bonds is 11. The number of carbonyl (C=O) groups excluding carboxylic acids is 1. The number of aromatic nitrogens is 3. The zero-order valence-electron chi connectivity index (χ0n) is 18.6. The van der Waals surface area contributed by atoms with Crippen LogP contribution in [0.5, 0.6) is 17.2 Å². The third-order valence-electron chi connectivity index (χ3n) is 4.56. The third kappa shape index (κ3) is 6.21. The molecule has 0 aliphatic rings. The van der Waals surface area contributed by atoms with Crippen molar-refractivity contribution in [1.82, 2.24) is 14.8 Å². The van der Waals surface area contributed by atoms with Gasteiger partial charge in [-0.2, -0.15) is 0 Å². The van der Waals surface area contributed by atoms with Crippen molar-refractivity contribution in [3.63, 3.8) is 0 Å². The molecular formula is C23H25ClN4O4S. The van der Waals surface area contributed by atoms with Crippen molar-refractivity contribution in [2.45, 2.75) is 24.7 Å². The second kappa shape index (κ2) is 11.6. The summed E-state index contributed by atoms with van der Waals surface area (Å²) in [6, 6.07) is 12.4. The fourth-order valence-corrected chi connectivity index (χ4v) is 3.99. The molecule has 0 saturated carbocycles. The number of nitrogens with one attached hydrogen (secondary N) is 1. The third-order valence-corrected chi connectivity index (χ3v) is 5.76. The Bertz CT molecular complexity index is 1120. The summed E-state index contributed by atoms with van der Waals surface area (Å²) in [5.74, 6) is 2.25. The zero-order chi connectivity index (χ0) is 23.8. The van der Waals surface area contributed by atoms with Crippen molar-refractivity contribution in [2.24, 2.45) is 0 Å². The Kier molecular flexibility index (Phi) is 8.62. The number of amides is 1. The van der Waals surface area contributed by atoms with E-state index in [4.69, 9.17) is 25.8 Å². The van der Waals surface area contributed by atoms with Crippen LogP contribution in [0.25, 0.3) is 0 Å². The maximum atomic E-state index is 12.5. The lowest BCUT2D eigenvalue weighted by Crippen LogP contribution is -2.16. The van der Waals surface area contributed by atoms with Crippen molar-refractivity contribution in [3.05, 3.63) is 66.0 Å². The predicted octanol–water partition coefficient (Wildman–Crippen LogP) is 5.01. The molecule has 8 nitrogen and oxygen atoms in total. The topological polar surface area (TPSA) is 87.5 Å². The Morgan fingerprint density at radius 2 is 1.91 bits per heavy atom. The van der Waals surface area contributed by atoms with Crippen LogP contribution in [0.1, 0.15) is 18.9 Å². The van der Waals surface area contributed by atoms with E-state index in [0.29, 0.717) is 45.5 Å². The van der Waals surface area contributed by atoms with Gasteiger partial charge in [0.15, 0.2) is 28.6 Å². The molecule has 1 heterocycles. The Labute approximate surface area is 201 Å². The van der Waals surface area contributed by atoms with E-state index in [-0.39, 0.29) is 11.7 Å². The molecule has 0 aliphatic carbocycles. The van der Waals surface area contributed by atoms with Crippen LogP contribution in [0.3, 0.4) is 0 Å². The average molecular weight is 489 g/mol. The Morgan fingerprint density at radius 3 is 2.61 bits per heavy atom. The number of hydrogen-bond donors (Lipinski definition) is 1. The largest absolute Gasteiger partial charge is 0.495 e. The minimum atomic E-state index is -0.410. The number of ether oxygens (including phenoxy) is 3. The van der Waals surface area contributed by atoms with Crippen LogP contribution in [0.15, 0.2) is 60.3 Å². The number of benzene rings is 2. The number of halogens is 1. The molecule has 1 N–H and O–H groups in total.